The van der Waals surface area contributed by atoms with E-state index in [0.717, 1.165) is 12.8 Å². The molecule has 1 fully saturated rings. The van der Waals surface area contributed by atoms with Crippen LogP contribution in [0.4, 0.5) is 0 Å². The first-order chi connectivity index (χ1) is 10.1. The highest BCUT2D eigenvalue weighted by Crippen LogP contribution is 2.51. The molecule has 0 bridgehead atoms. The van der Waals surface area contributed by atoms with Crippen LogP contribution in [0.3, 0.4) is 0 Å². The first kappa shape index (κ1) is 17.8. The molecule has 0 aliphatic carbocycles. The van der Waals surface area contributed by atoms with Crippen LogP contribution >= 0.6 is 7.37 Å². The fraction of sp³-hybridized carbons (Fsp3) is 0.647. The predicted octanol–water partition coefficient (Wildman–Crippen LogP) is 4.57. The zero-order valence-corrected chi connectivity index (χ0v) is 15.6. The molecule has 0 amide bonds. The largest absolute Gasteiger partial charge is 0.377 e. The molecule has 5 heteroatoms. The van der Waals surface area contributed by atoms with Crippen molar-refractivity contribution in [2.24, 2.45) is 0 Å². The highest BCUT2D eigenvalue weighted by atomic mass is 31.2. The summed E-state index contributed by atoms with van der Waals surface area (Å²) in [6, 6.07) is 8.44. The van der Waals surface area contributed by atoms with Crippen molar-refractivity contribution in [3.8, 4) is 0 Å². The molecule has 3 nitrogen and oxygen atoms in total. The fourth-order valence-electron chi connectivity index (χ4n) is 2.94. The van der Waals surface area contributed by atoms with E-state index in [1.54, 1.807) is 6.66 Å². The Kier molecular flexibility index (Phi) is 4.97. The van der Waals surface area contributed by atoms with E-state index in [4.69, 9.17) is 9.26 Å². The average Bonchev–Trinajstić information content (AvgIpc) is 2.58. The average molecular weight is 322 g/mol. The molecule has 22 heavy (non-hydrogen) atoms. The summed E-state index contributed by atoms with van der Waals surface area (Å²) in [5, 5.41) is 0.157. The van der Waals surface area contributed by atoms with Crippen molar-refractivity contribution in [3.05, 3.63) is 35.4 Å². The second kappa shape index (κ2) is 6.15. The predicted molar refractivity (Wildman–Crippen MR) is 94.4 cm³/mol. The molecule has 1 aliphatic rings. The van der Waals surface area contributed by atoms with E-state index in [0.29, 0.717) is 12.8 Å². The van der Waals surface area contributed by atoms with Crippen molar-refractivity contribution in [1.82, 2.24) is 0 Å². The lowest BCUT2D eigenvalue weighted by atomic mass is 9.47. The lowest BCUT2D eigenvalue weighted by Gasteiger charge is -2.33. The number of benzene rings is 1. The molecule has 0 saturated carbocycles. The molecular weight excluding hydrogens is 294 g/mol. The van der Waals surface area contributed by atoms with Crippen LogP contribution in [0.25, 0.3) is 0 Å². The molecule has 0 radical (unpaired) electrons. The van der Waals surface area contributed by atoms with Crippen LogP contribution in [0.5, 0.6) is 0 Å². The Balaban J connectivity index is 2.09. The molecule has 1 aromatic carbocycles. The molecule has 2 unspecified atom stereocenters. The summed E-state index contributed by atoms with van der Waals surface area (Å²) in [7, 11) is -1.51. The summed E-state index contributed by atoms with van der Waals surface area (Å²) in [5.74, 6) is 0. The lowest BCUT2D eigenvalue weighted by Crippen LogP contribution is -2.31. The van der Waals surface area contributed by atoms with E-state index in [1.165, 1.54) is 5.56 Å². The van der Waals surface area contributed by atoms with E-state index in [1.807, 2.05) is 19.1 Å². The van der Waals surface area contributed by atoms with Crippen molar-refractivity contribution in [1.29, 1.82) is 0 Å². The molecular formula is C17H28BO3P. The van der Waals surface area contributed by atoms with E-state index in [9.17, 15) is 4.57 Å². The smallest absolute Gasteiger partial charge is 0.204 e. The first-order valence-electron chi connectivity index (χ1n) is 8.04. The van der Waals surface area contributed by atoms with Gasteiger partial charge in [-0.25, -0.2) is 0 Å². The monoisotopic (exact) mass is 322 g/mol. The summed E-state index contributed by atoms with van der Waals surface area (Å²) in [4.78, 5) is 0. The Bertz CT molecular complexity index is 550. The molecule has 0 spiro atoms. The fourth-order valence-corrected chi connectivity index (χ4v) is 4.45. The molecule has 2 rings (SSSR count). The maximum atomic E-state index is 12.2. The number of rotatable bonds is 5. The quantitative estimate of drug-likeness (QED) is 0.588. The molecule has 1 aliphatic heterocycles. The molecule has 0 aromatic heterocycles. The summed E-state index contributed by atoms with van der Waals surface area (Å²) < 4.78 is 23.8. The second-order valence-electron chi connectivity index (χ2n) is 7.54. The maximum Gasteiger partial charge on any atom is 0.204 e. The SMILES string of the molecule is CCOP(C)(=O)Cc1ccc(C2BC(C)(C)C(C)(C)O2)cc1. The first-order valence-corrected chi connectivity index (χ1v) is 10.3. The Labute approximate surface area is 135 Å². The minimum atomic E-state index is -2.53. The second-order valence-corrected chi connectivity index (χ2v) is 10.1. The molecule has 1 heterocycles. The molecule has 2 atom stereocenters. The highest BCUT2D eigenvalue weighted by Gasteiger charge is 2.48. The van der Waals surface area contributed by atoms with Gasteiger partial charge >= 0.3 is 0 Å². The van der Waals surface area contributed by atoms with Crippen LogP contribution in [-0.2, 0) is 20.0 Å². The van der Waals surface area contributed by atoms with Crippen LogP contribution in [0.1, 0.15) is 51.7 Å². The zero-order valence-electron chi connectivity index (χ0n) is 14.7. The molecule has 1 saturated heterocycles. The van der Waals surface area contributed by atoms with E-state index in [-0.39, 0.29) is 16.9 Å². The summed E-state index contributed by atoms with van der Waals surface area (Å²) in [6.07, 6.45) is 0.490. The molecule has 122 valence electrons. The van der Waals surface area contributed by atoms with Gasteiger partial charge in [-0.3, -0.25) is 4.57 Å². The number of hydrogen-bond donors (Lipinski definition) is 0. The van der Waals surface area contributed by atoms with Gasteiger partial charge in [0.05, 0.1) is 18.2 Å². The van der Waals surface area contributed by atoms with E-state index < -0.39 is 7.37 Å². The van der Waals surface area contributed by atoms with Crippen molar-refractivity contribution in [2.75, 3.05) is 13.3 Å². The molecule has 1 aromatic rings. The van der Waals surface area contributed by atoms with Gasteiger partial charge in [-0.15, -0.1) is 0 Å². The summed E-state index contributed by atoms with van der Waals surface area (Å²) in [6.45, 7) is 12.9. The van der Waals surface area contributed by atoms with Gasteiger partial charge in [0.2, 0.25) is 7.37 Å². The van der Waals surface area contributed by atoms with Crippen molar-refractivity contribution in [2.45, 2.75) is 57.7 Å². The minimum absolute atomic E-state index is 0.121. The van der Waals surface area contributed by atoms with Gasteiger partial charge in [0.25, 0.3) is 0 Å². The summed E-state index contributed by atoms with van der Waals surface area (Å²) in [5.41, 5.74) is 2.13. The topological polar surface area (TPSA) is 35.5 Å². The van der Waals surface area contributed by atoms with E-state index in [2.05, 4.69) is 39.8 Å². The van der Waals surface area contributed by atoms with Crippen molar-refractivity contribution >= 4 is 14.6 Å². The van der Waals surface area contributed by atoms with Crippen LogP contribution in [0.2, 0.25) is 5.31 Å². The van der Waals surface area contributed by atoms with Crippen LogP contribution in [0, 0.1) is 0 Å². The number of hydrogen-bond acceptors (Lipinski definition) is 3. The lowest BCUT2D eigenvalue weighted by molar-refractivity contribution is -0.0342. The Hall–Kier alpha value is -0.565. The third-order valence-electron chi connectivity index (χ3n) is 4.99. The maximum absolute atomic E-state index is 12.2. The van der Waals surface area contributed by atoms with Gasteiger partial charge in [-0.2, -0.15) is 0 Å². The van der Waals surface area contributed by atoms with Crippen molar-refractivity contribution in [3.63, 3.8) is 0 Å². The third kappa shape index (κ3) is 3.85. The highest BCUT2D eigenvalue weighted by molar-refractivity contribution is 7.57. The summed E-state index contributed by atoms with van der Waals surface area (Å²) >= 11 is 0. The Morgan fingerprint density at radius 2 is 1.82 bits per heavy atom. The Morgan fingerprint density at radius 3 is 2.27 bits per heavy atom. The van der Waals surface area contributed by atoms with Gasteiger partial charge in [0.1, 0.15) is 0 Å². The normalized spacial score (nSPS) is 25.5. The van der Waals surface area contributed by atoms with Crippen LogP contribution in [0.15, 0.2) is 24.3 Å². The Morgan fingerprint density at radius 1 is 1.23 bits per heavy atom. The minimum Gasteiger partial charge on any atom is -0.377 e. The van der Waals surface area contributed by atoms with Crippen molar-refractivity contribution < 1.29 is 13.8 Å². The van der Waals surface area contributed by atoms with Gasteiger partial charge < -0.3 is 9.26 Å². The number of ether oxygens (including phenoxy) is 1. The molecule has 0 N–H and O–H groups in total. The van der Waals surface area contributed by atoms with E-state index >= 15 is 0 Å². The van der Waals surface area contributed by atoms with Gasteiger partial charge in [-0.05, 0) is 37.2 Å². The standard InChI is InChI=1S/C17H28BO3P/c1-7-20-22(6,19)12-13-8-10-14(11-9-13)15-18-16(2,3)17(4,5)21-15/h8-11,15,18H,7,12H2,1-6H3. The van der Waals surface area contributed by atoms with Crippen LogP contribution < -0.4 is 0 Å². The van der Waals surface area contributed by atoms with Crippen LogP contribution in [-0.4, -0.2) is 26.2 Å². The van der Waals surface area contributed by atoms with Gasteiger partial charge in [0, 0.05) is 12.8 Å². The zero-order chi connectivity index (χ0) is 16.6. The third-order valence-corrected chi connectivity index (χ3v) is 6.73. The van der Waals surface area contributed by atoms with Gasteiger partial charge in [-0.1, -0.05) is 38.1 Å². The van der Waals surface area contributed by atoms with Gasteiger partial charge in [0.15, 0.2) is 7.28 Å².